The van der Waals surface area contributed by atoms with Gasteiger partial charge in [0.1, 0.15) is 5.75 Å². The van der Waals surface area contributed by atoms with E-state index in [-0.39, 0.29) is 0 Å². The molecule has 1 aromatic carbocycles. The van der Waals surface area contributed by atoms with Gasteiger partial charge >= 0.3 is 0 Å². The van der Waals surface area contributed by atoms with Crippen molar-refractivity contribution in [2.45, 2.75) is 57.2 Å². The Kier molecular flexibility index (Phi) is 3.99. The summed E-state index contributed by atoms with van der Waals surface area (Å²) in [5.74, 6) is 0.380. The highest BCUT2D eigenvalue weighted by Crippen LogP contribution is 2.38. The van der Waals surface area contributed by atoms with Crippen LogP contribution in [-0.4, -0.2) is 34.7 Å². The van der Waals surface area contributed by atoms with Crippen molar-refractivity contribution in [3.8, 4) is 5.75 Å². The Bertz CT molecular complexity index is 454. The van der Waals surface area contributed by atoms with Gasteiger partial charge < -0.3 is 10.4 Å². The average Bonchev–Trinajstić information content (AvgIpc) is 2.91. The molecule has 20 heavy (non-hydrogen) atoms. The van der Waals surface area contributed by atoms with Crippen LogP contribution in [-0.2, 0) is 6.54 Å². The number of phenolic OH excluding ortho intramolecular Hbond substituents is 1. The topological polar surface area (TPSA) is 35.5 Å². The minimum atomic E-state index is 0.358. The number of nitrogens with one attached hydrogen (secondary N) is 1. The van der Waals surface area contributed by atoms with Crippen LogP contribution in [0.15, 0.2) is 24.3 Å². The molecule has 3 nitrogen and oxygen atoms in total. The first-order valence-electron chi connectivity index (χ1n) is 7.98. The second-order valence-corrected chi connectivity index (χ2v) is 6.47. The molecule has 1 aliphatic heterocycles. The summed E-state index contributed by atoms with van der Waals surface area (Å²) in [7, 11) is 0. The van der Waals surface area contributed by atoms with E-state index in [2.05, 4.69) is 23.2 Å². The summed E-state index contributed by atoms with van der Waals surface area (Å²) in [4.78, 5) is 2.68. The molecule has 0 bridgehead atoms. The third-order valence-corrected chi connectivity index (χ3v) is 5.14. The van der Waals surface area contributed by atoms with Gasteiger partial charge in [0.2, 0.25) is 0 Å². The second-order valence-electron chi connectivity index (χ2n) is 6.47. The molecule has 0 radical (unpaired) electrons. The van der Waals surface area contributed by atoms with Crippen molar-refractivity contribution in [2.75, 3.05) is 13.1 Å². The first-order valence-corrected chi connectivity index (χ1v) is 7.98. The number of aromatic hydroxyl groups is 1. The Labute approximate surface area is 122 Å². The predicted octanol–water partition coefficient (Wildman–Crippen LogP) is 2.89. The number of hydrogen-bond donors (Lipinski definition) is 2. The summed E-state index contributed by atoms with van der Waals surface area (Å²) in [6.45, 7) is 5.49. The van der Waals surface area contributed by atoms with E-state index >= 15 is 0 Å². The minimum absolute atomic E-state index is 0.358. The van der Waals surface area contributed by atoms with Crippen LogP contribution in [0, 0.1) is 0 Å². The Hall–Kier alpha value is -1.06. The van der Waals surface area contributed by atoms with E-state index in [1.807, 2.05) is 12.1 Å². The third kappa shape index (κ3) is 2.70. The number of benzene rings is 1. The summed E-state index contributed by atoms with van der Waals surface area (Å²) in [6.07, 6.45) is 6.53. The third-order valence-electron chi connectivity index (χ3n) is 5.14. The molecule has 1 spiro atoms. The lowest BCUT2D eigenvalue weighted by atomic mass is 9.90. The smallest absolute Gasteiger partial charge is 0.115 e. The summed E-state index contributed by atoms with van der Waals surface area (Å²) in [6, 6.07) is 8.35. The fourth-order valence-electron chi connectivity index (χ4n) is 3.88. The van der Waals surface area contributed by atoms with Gasteiger partial charge in [-0.25, -0.2) is 0 Å². The molecule has 3 heteroatoms. The van der Waals surface area contributed by atoms with E-state index in [0.29, 0.717) is 17.3 Å². The standard InChI is InChI=1S/C17H26N2O/c1-2-15-12-19(11-14-6-5-7-16(20)10-14)17(13-18-15)8-3-4-9-17/h5-7,10,15,18,20H,2-4,8-9,11-13H2,1H3. The number of phenols is 1. The number of nitrogens with zero attached hydrogens (tertiary/aromatic N) is 1. The SMILES string of the molecule is CCC1CN(Cc2cccc(O)c2)C2(CCCC2)CN1. The zero-order chi connectivity index (χ0) is 14.0. The molecular weight excluding hydrogens is 248 g/mol. The average molecular weight is 274 g/mol. The lowest BCUT2D eigenvalue weighted by Crippen LogP contribution is -2.62. The van der Waals surface area contributed by atoms with Gasteiger partial charge in [-0.05, 0) is 37.0 Å². The maximum Gasteiger partial charge on any atom is 0.115 e. The van der Waals surface area contributed by atoms with Gasteiger partial charge in [-0.2, -0.15) is 0 Å². The number of hydrogen-bond acceptors (Lipinski definition) is 3. The van der Waals surface area contributed by atoms with Crippen LogP contribution in [0.1, 0.15) is 44.6 Å². The van der Waals surface area contributed by atoms with Crippen LogP contribution in [0.5, 0.6) is 5.75 Å². The molecule has 1 aliphatic carbocycles. The van der Waals surface area contributed by atoms with Crippen molar-refractivity contribution in [3.05, 3.63) is 29.8 Å². The van der Waals surface area contributed by atoms with Crippen LogP contribution in [0.25, 0.3) is 0 Å². The van der Waals surface area contributed by atoms with Gasteiger partial charge in [-0.1, -0.05) is 31.9 Å². The zero-order valence-corrected chi connectivity index (χ0v) is 12.4. The predicted molar refractivity (Wildman–Crippen MR) is 81.8 cm³/mol. The number of piperazine rings is 1. The Morgan fingerprint density at radius 1 is 1.35 bits per heavy atom. The van der Waals surface area contributed by atoms with Crippen molar-refractivity contribution in [3.63, 3.8) is 0 Å². The maximum atomic E-state index is 9.67. The van der Waals surface area contributed by atoms with E-state index < -0.39 is 0 Å². The fraction of sp³-hybridized carbons (Fsp3) is 0.647. The molecule has 1 saturated carbocycles. The molecule has 2 N–H and O–H groups in total. The lowest BCUT2D eigenvalue weighted by molar-refractivity contribution is 0.0349. The van der Waals surface area contributed by atoms with Gasteiger partial charge in [-0.15, -0.1) is 0 Å². The maximum absolute atomic E-state index is 9.67. The Morgan fingerprint density at radius 2 is 2.15 bits per heavy atom. The summed E-state index contributed by atoms with van der Waals surface area (Å²) in [5, 5.41) is 13.4. The molecule has 1 aromatic rings. The highest BCUT2D eigenvalue weighted by molar-refractivity contribution is 5.27. The largest absolute Gasteiger partial charge is 0.508 e. The van der Waals surface area contributed by atoms with Crippen molar-refractivity contribution >= 4 is 0 Å². The number of rotatable bonds is 3. The van der Waals surface area contributed by atoms with E-state index in [9.17, 15) is 5.11 Å². The van der Waals surface area contributed by atoms with E-state index in [1.165, 1.54) is 37.7 Å². The highest BCUT2D eigenvalue weighted by Gasteiger charge is 2.42. The first-order chi connectivity index (χ1) is 9.72. The van der Waals surface area contributed by atoms with Crippen molar-refractivity contribution in [1.29, 1.82) is 0 Å². The van der Waals surface area contributed by atoms with Gasteiger partial charge in [0.05, 0.1) is 0 Å². The van der Waals surface area contributed by atoms with Crippen LogP contribution >= 0.6 is 0 Å². The Morgan fingerprint density at radius 3 is 2.85 bits per heavy atom. The van der Waals surface area contributed by atoms with E-state index in [4.69, 9.17) is 0 Å². The van der Waals surface area contributed by atoms with Crippen LogP contribution in [0.4, 0.5) is 0 Å². The minimum Gasteiger partial charge on any atom is -0.508 e. The van der Waals surface area contributed by atoms with Gasteiger partial charge in [0.25, 0.3) is 0 Å². The van der Waals surface area contributed by atoms with Crippen molar-refractivity contribution in [1.82, 2.24) is 10.2 Å². The lowest BCUT2D eigenvalue weighted by Gasteiger charge is -2.48. The molecule has 2 aliphatic rings. The van der Waals surface area contributed by atoms with Gasteiger partial charge in [0.15, 0.2) is 0 Å². The summed E-state index contributed by atoms with van der Waals surface area (Å²) in [5.41, 5.74) is 1.59. The normalized spacial score (nSPS) is 26.1. The Balaban J connectivity index is 1.79. The molecule has 2 fully saturated rings. The molecule has 1 atom stereocenters. The quantitative estimate of drug-likeness (QED) is 0.889. The monoisotopic (exact) mass is 274 g/mol. The molecule has 0 aromatic heterocycles. The van der Waals surface area contributed by atoms with Crippen molar-refractivity contribution < 1.29 is 5.11 Å². The van der Waals surface area contributed by atoms with Crippen LogP contribution in [0.3, 0.4) is 0 Å². The summed E-state index contributed by atoms with van der Waals surface area (Å²) >= 11 is 0. The first kappa shape index (κ1) is 13.9. The molecule has 110 valence electrons. The van der Waals surface area contributed by atoms with E-state index in [1.54, 1.807) is 6.07 Å². The second kappa shape index (κ2) is 5.74. The molecular formula is C17H26N2O. The van der Waals surface area contributed by atoms with Crippen LogP contribution in [0.2, 0.25) is 0 Å². The van der Waals surface area contributed by atoms with Gasteiger partial charge in [-0.3, -0.25) is 4.90 Å². The molecule has 3 rings (SSSR count). The van der Waals surface area contributed by atoms with E-state index in [0.717, 1.165) is 19.6 Å². The molecule has 1 unspecified atom stereocenters. The molecule has 1 heterocycles. The van der Waals surface area contributed by atoms with Crippen molar-refractivity contribution in [2.24, 2.45) is 0 Å². The summed E-state index contributed by atoms with van der Waals surface area (Å²) < 4.78 is 0. The highest BCUT2D eigenvalue weighted by atomic mass is 16.3. The zero-order valence-electron chi connectivity index (χ0n) is 12.4. The molecule has 1 saturated heterocycles. The van der Waals surface area contributed by atoms with Crippen LogP contribution < -0.4 is 5.32 Å². The fourth-order valence-corrected chi connectivity index (χ4v) is 3.88. The van der Waals surface area contributed by atoms with Gasteiger partial charge in [0, 0.05) is 31.2 Å². The molecule has 0 amide bonds.